The van der Waals surface area contributed by atoms with E-state index in [0.717, 1.165) is 64.5 Å². The van der Waals surface area contributed by atoms with Gasteiger partial charge in [0.1, 0.15) is 0 Å². The maximum atomic E-state index is 12.7. The molecule has 0 aromatic heterocycles. The van der Waals surface area contributed by atoms with E-state index in [-0.39, 0.29) is 5.91 Å². The third kappa shape index (κ3) is 6.77. The fourth-order valence-electron chi connectivity index (χ4n) is 2.88. The SMILES string of the molecule is CCCOCCN1CCN(C(=O)c2ccc(CNC(C)C)cc2)CC1. The number of rotatable bonds is 9. The van der Waals surface area contributed by atoms with E-state index in [4.69, 9.17) is 4.74 Å². The van der Waals surface area contributed by atoms with Gasteiger partial charge in [-0.15, -0.1) is 0 Å². The van der Waals surface area contributed by atoms with E-state index in [1.807, 2.05) is 29.2 Å². The summed E-state index contributed by atoms with van der Waals surface area (Å²) < 4.78 is 5.55. The molecule has 0 aliphatic carbocycles. The summed E-state index contributed by atoms with van der Waals surface area (Å²) in [6.07, 6.45) is 1.06. The molecule has 0 unspecified atom stereocenters. The van der Waals surface area contributed by atoms with Gasteiger partial charge in [0.15, 0.2) is 0 Å². The van der Waals surface area contributed by atoms with Crippen LogP contribution in [0, 0.1) is 0 Å². The third-order valence-corrected chi connectivity index (χ3v) is 4.48. The molecular formula is C20H33N3O2. The molecule has 140 valence electrons. The van der Waals surface area contributed by atoms with Gasteiger partial charge in [-0.1, -0.05) is 32.9 Å². The second-order valence-electron chi connectivity index (χ2n) is 6.98. The average Bonchev–Trinajstić information content (AvgIpc) is 2.64. The van der Waals surface area contributed by atoms with E-state index in [9.17, 15) is 4.79 Å². The Hall–Kier alpha value is -1.43. The Labute approximate surface area is 152 Å². The van der Waals surface area contributed by atoms with Crippen molar-refractivity contribution in [1.29, 1.82) is 0 Å². The van der Waals surface area contributed by atoms with Crippen molar-refractivity contribution in [3.05, 3.63) is 35.4 Å². The standard InChI is InChI=1S/C20H33N3O2/c1-4-14-25-15-13-22-9-11-23(12-10-22)20(24)19-7-5-18(6-8-19)16-21-17(2)3/h5-8,17,21H,4,9-16H2,1-3H3. The van der Waals surface area contributed by atoms with Crippen molar-refractivity contribution in [3.63, 3.8) is 0 Å². The molecule has 1 aliphatic heterocycles. The van der Waals surface area contributed by atoms with Crippen LogP contribution >= 0.6 is 0 Å². The smallest absolute Gasteiger partial charge is 0.253 e. The molecule has 1 N–H and O–H groups in total. The van der Waals surface area contributed by atoms with Crippen LogP contribution in [0.1, 0.15) is 43.1 Å². The van der Waals surface area contributed by atoms with Gasteiger partial charge in [0, 0.05) is 57.5 Å². The number of ether oxygens (including phenoxy) is 1. The quantitative estimate of drug-likeness (QED) is 0.697. The monoisotopic (exact) mass is 347 g/mol. The minimum Gasteiger partial charge on any atom is -0.380 e. The lowest BCUT2D eigenvalue weighted by Gasteiger charge is -2.34. The molecule has 1 heterocycles. The van der Waals surface area contributed by atoms with Crippen LogP contribution in [0.15, 0.2) is 24.3 Å². The zero-order chi connectivity index (χ0) is 18.1. The first-order chi connectivity index (χ1) is 12.1. The number of nitrogens with zero attached hydrogens (tertiary/aromatic N) is 2. The van der Waals surface area contributed by atoms with Crippen LogP contribution in [-0.2, 0) is 11.3 Å². The second-order valence-corrected chi connectivity index (χ2v) is 6.98. The minimum absolute atomic E-state index is 0.144. The number of piperazine rings is 1. The van der Waals surface area contributed by atoms with Crippen LogP contribution in [-0.4, -0.2) is 67.7 Å². The number of carbonyl (C=O) groups excluding carboxylic acids is 1. The van der Waals surface area contributed by atoms with E-state index >= 15 is 0 Å². The molecule has 0 radical (unpaired) electrons. The van der Waals surface area contributed by atoms with Crippen molar-refractivity contribution in [2.75, 3.05) is 45.9 Å². The van der Waals surface area contributed by atoms with Crippen molar-refractivity contribution < 1.29 is 9.53 Å². The normalized spacial score (nSPS) is 15.8. The zero-order valence-corrected chi connectivity index (χ0v) is 16.0. The highest BCUT2D eigenvalue weighted by Crippen LogP contribution is 2.11. The molecule has 0 atom stereocenters. The number of carbonyl (C=O) groups is 1. The van der Waals surface area contributed by atoms with Crippen molar-refractivity contribution in [2.24, 2.45) is 0 Å². The maximum absolute atomic E-state index is 12.7. The van der Waals surface area contributed by atoms with Crippen LogP contribution in [0.5, 0.6) is 0 Å². The predicted octanol–water partition coefficient (Wildman–Crippen LogP) is 2.37. The summed E-state index contributed by atoms with van der Waals surface area (Å²) in [6, 6.07) is 8.45. The lowest BCUT2D eigenvalue weighted by Crippen LogP contribution is -2.49. The van der Waals surface area contributed by atoms with Gasteiger partial charge in [-0.3, -0.25) is 9.69 Å². The van der Waals surface area contributed by atoms with E-state index in [1.165, 1.54) is 5.56 Å². The average molecular weight is 348 g/mol. The van der Waals surface area contributed by atoms with Gasteiger partial charge in [0.05, 0.1) is 6.61 Å². The first kappa shape index (κ1) is 19.9. The summed E-state index contributed by atoms with van der Waals surface area (Å²) in [5.74, 6) is 0.144. The topological polar surface area (TPSA) is 44.8 Å². The molecular weight excluding hydrogens is 314 g/mol. The first-order valence-corrected chi connectivity index (χ1v) is 9.52. The number of hydrogen-bond acceptors (Lipinski definition) is 4. The highest BCUT2D eigenvalue weighted by atomic mass is 16.5. The van der Waals surface area contributed by atoms with Crippen LogP contribution in [0.4, 0.5) is 0 Å². The number of benzene rings is 1. The Morgan fingerprint density at radius 3 is 2.40 bits per heavy atom. The summed E-state index contributed by atoms with van der Waals surface area (Å²) in [6.45, 7) is 13.2. The molecule has 1 fully saturated rings. The summed E-state index contributed by atoms with van der Waals surface area (Å²) in [7, 11) is 0. The molecule has 1 aromatic rings. The van der Waals surface area contributed by atoms with Crippen molar-refractivity contribution >= 4 is 5.91 Å². The fraction of sp³-hybridized carbons (Fsp3) is 0.650. The minimum atomic E-state index is 0.144. The molecule has 1 aromatic carbocycles. The Balaban J connectivity index is 1.76. The van der Waals surface area contributed by atoms with E-state index in [2.05, 4.69) is 31.0 Å². The van der Waals surface area contributed by atoms with Crippen LogP contribution < -0.4 is 5.32 Å². The van der Waals surface area contributed by atoms with E-state index in [1.54, 1.807) is 0 Å². The van der Waals surface area contributed by atoms with Crippen molar-refractivity contribution in [2.45, 2.75) is 39.8 Å². The number of nitrogens with one attached hydrogen (secondary N) is 1. The predicted molar refractivity (Wildman–Crippen MR) is 102 cm³/mol. The van der Waals surface area contributed by atoms with Crippen LogP contribution in [0.3, 0.4) is 0 Å². The third-order valence-electron chi connectivity index (χ3n) is 4.48. The summed E-state index contributed by atoms with van der Waals surface area (Å²) in [4.78, 5) is 17.0. The largest absolute Gasteiger partial charge is 0.380 e. The number of hydrogen-bond donors (Lipinski definition) is 1. The zero-order valence-electron chi connectivity index (χ0n) is 16.0. The number of amides is 1. The summed E-state index contributed by atoms with van der Waals surface area (Å²) >= 11 is 0. The lowest BCUT2D eigenvalue weighted by atomic mass is 10.1. The van der Waals surface area contributed by atoms with Crippen molar-refractivity contribution in [3.8, 4) is 0 Å². The summed E-state index contributed by atoms with van der Waals surface area (Å²) in [5, 5.41) is 3.39. The van der Waals surface area contributed by atoms with E-state index < -0.39 is 0 Å². The van der Waals surface area contributed by atoms with E-state index in [0.29, 0.717) is 6.04 Å². The molecule has 1 aliphatic rings. The van der Waals surface area contributed by atoms with Gasteiger partial charge in [0.2, 0.25) is 0 Å². The molecule has 1 saturated heterocycles. The maximum Gasteiger partial charge on any atom is 0.253 e. The molecule has 0 spiro atoms. The first-order valence-electron chi connectivity index (χ1n) is 9.52. The second kappa shape index (κ2) is 10.5. The van der Waals surface area contributed by atoms with Crippen molar-refractivity contribution in [1.82, 2.24) is 15.1 Å². The van der Waals surface area contributed by atoms with Gasteiger partial charge < -0.3 is 15.0 Å². The molecule has 25 heavy (non-hydrogen) atoms. The Kier molecular flexibility index (Phi) is 8.38. The molecule has 2 rings (SSSR count). The Morgan fingerprint density at radius 1 is 1.12 bits per heavy atom. The van der Waals surface area contributed by atoms with Gasteiger partial charge in [-0.2, -0.15) is 0 Å². The Morgan fingerprint density at radius 2 is 1.80 bits per heavy atom. The van der Waals surface area contributed by atoms with Gasteiger partial charge >= 0.3 is 0 Å². The molecule has 0 bridgehead atoms. The highest BCUT2D eigenvalue weighted by Gasteiger charge is 2.21. The summed E-state index contributed by atoms with van der Waals surface area (Å²) in [5.41, 5.74) is 2.00. The van der Waals surface area contributed by atoms with Crippen LogP contribution in [0.25, 0.3) is 0 Å². The highest BCUT2D eigenvalue weighted by molar-refractivity contribution is 5.94. The van der Waals surface area contributed by atoms with Gasteiger partial charge in [-0.05, 0) is 24.1 Å². The lowest BCUT2D eigenvalue weighted by molar-refractivity contribution is 0.0552. The van der Waals surface area contributed by atoms with Crippen LogP contribution in [0.2, 0.25) is 0 Å². The molecule has 5 heteroatoms. The molecule has 1 amide bonds. The molecule has 0 saturated carbocycles. The molecule has 5 nitrogen and oxygen atoms in total. The Bertz CT molecular complexity index is 508. The van der Waals surface area contributed by atoms with Gasteiger partial charge in [-0.25, -0.2) is 0 Å². The van der Waals surface area contributed by atoms with Gasteiger partial charge in [0.25, 0.3) is 5.91 Å². The fourth-order valence-corrected chi connectivity index (χ4v) is 2.88.